The minimum Gasteiger partial charge on any atom is -0.494 e. The van der Waals surface area contributed by atoms with Crippen molar-refractivity contribution in [3.8, 4) is 17.6 Å². The molecule has 4 amide bonds. The molecule has 1 heterocycles. The van der Waals surface area contributed by atoms with Crippen molar-refractivity contribution in [3.63, 3.8) is 0 Å². The molecule has 17 heteroatoms. The number of ether oxygens (including phenoxy) is 3. The molecule has 15 nitrogen and oxygen atoms in total. The molecular formula is C46H59BClN5O10. The highest BCUT2D eigenvalue weighted by Gasteiger charge is 2.64. The van der Waals surface area contributed by atoms with Gasteiger partial charge in [-0.15, -0.1) is 0 Å². The average molecular weight is 888 g/mol. The summed E-state index contributed by atoms with van der Waals surface area (Å²) in [6.07, 6.45) is 0.137. The van der Waals surface area contributed by atoms with Crippen molar-refractivity contribution in [3.05, 3.63) is 88.4 Å². The summed E-state index contributed by atoms with van der Waals surface area (Å²) in [4.78, 5) is 54.7. The van der Waals surface area contributed by atoms with Crippen LogP contribution < -0.4 is 30.9 Å². The summed E-state index contributed by atoms with van der Waals surface area (Å²) >= 11 is 6.22. The third kappa shape index (κ3) is 12.1. The highest BCUT2D eigenvalue weighted by Crippen LogP contribution is 2.55. The zero-order valence-electron chi connectivity index (χ0n) is 36.9. The fourth-order valence-corrected chi connectivity index (χ4v) is 8.82. The van der Waals surface area contributed by atoms with Crippen molar-refractivity contribution in [1.29, 1.82) is 5.26 Å². The number of hydrogen-bond donors (Lipinski definition) is 6. The monoisotopic (exact) mass is 887 g/mol. The number of hydrogen-bond acceptors (Lipinski definition) is 11. The summed E-state index contributed by atoms with van der Waals surface area (Å²) in [7, 11) is -1.61. The van der Waals surface area contributed by atoms with E-state index < -0.39 is 59.3 Å². The van der Waals surface area contributed by atoms with E-state index in [-0.39, 0.29) is 50.8 Å². The minimum absolute atomic E-state index is 0.0449. The van der Waals surface area contributed by atoms with Crippen molar-refractivity contribution in [2.24, 2.45) is 16.2 Å². The largest absolute Gasteiger partial charge is 0.494 e. The topological polar surface area (TPSA) is 220 Å². The van der Waals surface area contributed by atoms with Crippen molar-refractivity contribution >= 4 is 47.8 Å². The maximum atomic E-state index is 13.9. The van der Waals surface area contributed by atoms with Crippen LogP contribution in [0, 0.1) is 27.6 Å². The maximum absolute atomic E-state index is 13.9. The van der Waals surface area contributed by atoms with Gasteiger partial charge in [0.15, 0.2) is 0 Å². The number of likely N-dealkylation sites (tertiary alicyclic amines) is 1. The van der Waals surface area contributed by atoms with E-state index in [1.807, 2.05) is 33.8 Å². The Bertz CT molecular complexity index is 2120. The van der Waals surface area contributed by atoms with Crippen LogP contribution in [-0.2, 0) is 25.7 Å². The molecule has 2 aliphatic rings. The third-order valence-electron chi connectivity index (χ3n) is 11.8. The SMILES string of the molecule is CC(C)(C)[C@H](NC(=O)COCCCCOc1ccc(C(=O)N[C@H]2C(C)(C)[C@H](Oc3ccc(C#N)c(Cl)c3)C2(C)C)cc1)C(=O)N1C[C@H](O)C[C@H]1C(=O)NCc1ccc(B(O)O)cc1. The van der Waals surface area contributed by atoms with Gasteiger partial charge < -0.3 is 50.2 Å². The summed E-state index contributed by atoms with van der Waals surface area (Å²) in [6.45, 7) is 14.0. The van der Waals surface area contributed by atoms with E-state index in [2.05, 4.69) is 16.0 Å². The predicted molar refractivity (Wildman–Crippen MR) is 237 cm³/mol. The van der Waals surface area contributed by atoms with Gasteiger partial charge in [0.25, 0.3) is 5.91 Å². The van der Waals surface area contributed by atoms with Crippen molar-refractivity contribution in [2.45, 2.75) is 105 Å². The number of nitriles is 1. The van der Waals surface area contributed by atoms with Crippen LogP contribution in [0.25, 0.3) is 0 Å². The smallest absolute Gasteiger partial charge is 0.488 e. The van der Waals surface area contributed by atoms with Crippen molar-refractivity contribution in [1.82, 2.24) is 20.9 Å². The van der Waals surface area contributed by atoms with Crippen LogP contribution in [0.15, 0.2) is 66.7 Å². The molecule has 3 aromatic carbocycles. The average Bonchev–Trinajstić information content (AvgIpc) is 3.63. The van der Waals surface area contributed by atoms with Gasteiger partial charge in [0, 0.05) is 54.6 Å². The molecule has 0 aromatic heterocycles. The van der Waals surface area contributed by atoms with Crippen LogP contribution in [0.4, 0.5) is 0 Å². The standard InChI is InChI=1S/C46H59BClN5O10/c1-44(2,3)38(41(58)53-26-32(54)22-36(53)40(57)50-25-28-10-15-31(16-11-28)47(59)60)51-37(55)27-61-20-8-9-21-62-33-17-12-29(13-18-33)39(56)52-42-45(4,5)43(46(42,6)7)63-34-19-14-30(24-49)35(48)23-34/h10-19,23,32,36,38,42-43,54,59-60H,8-9,20-22,25-27H2,1-7H3,(H,50,57)(H,51,55)(H,52,56)/t32-,36+,38-,42-,43-/m1/s1. The highest BCUT2D eigenvalue weighted by molar-refractivity contribution is 6.58. The van der Waals surface area contributed by atoms with E-state index in [0.717, 1.165) is 0 Å². The second-order valence-corrected chi connectivity index (χ2v) is 18.9. The van der Waals surface area contributed by atoms with Gasteiger partial charge in [-0.1, -0.05) is 84.3 Å². The molecular weight excluding hydrogens is 829 g/mol. The van der Waals surface area contributed by atoms with Gasteiger partial charge in [0.05, 0.1) is 23.3 Å². The second kappa shape index (κ2) is 20.6. The number of nitrogens with one attached hydrogen (secondary N) is 3. The molecule has 1 saturated carbocycles. The molecule has 1 aliphatic heterocycles. The summed E-state index contributed by atoms with van der Waals surface area (Å²) in [5, 5.41) is 47.4. The number of nitrogens with zero attached hydrogens (tertiary/aromatic N) is 2. The fraction of sp³-hybridized carbons (Fsp3) is 0.500. The Morgan fingerprint density at radius 1 is 0.952 bits per heavy atom. The number of unbranched alkanes of at least 4 members (excludes halogenated alkanes) is 1. The molecule has 338 valence electrons. The number of halogens is 1. The van der Waals surface area contributed by atoms with E-state index in [1.54, 1.807) is 75.4 Å². The zero-order chi connectivity index (χ0) is 46.3. The molecule has 3 atom stereocenters. The molecule has 1 aliphatic carbocycles. The van der Waals surface area contributed by atoms with E-state index in [0.29, 0.717) is 58.1 Å². The molecule has 0 unspecified atom stereocenters. The summed E-state index contributed by atoms with van der Waals surface area (Å²) < 4.78 is 17.8. The number of aliphatic hydroxyl groups is 1. The van der Waals surface area contributed by atoms with Gasteiger partial charge >= 0.3 is 7.12 Å². The van der Waals surface area contributed by atoms with E-state index in [9.17, 15) is 39.6 Å². The third-order valence-corrected chi connectivity index (χ3v) is 12.1. The Labute approximate surface area is 374 Å². The maximum Gasteiger partial charge on any atom is 0.488 e. The van der Waals surface area contributed by atoms with Crippen LogP contribution in [0.3, 0.4) is 0 Å². The number of amides is 4. The number of rotatable bonds is 18. The molecule has 63 heavy (non-hydrogen) atoms. The minimum atomic E-state index is -1.61. The lowest BCUT2D eigenvalue weighted by Crippen LogP contribution is -2.74. The lowest BCUT2D eigenvalue weighted by atomic mass is 9.49. The zero-order valence-corrected chi connectivity index (χ0v) is 37.7. The van der Waals surface area contributed by atoms with E-state index in [4.69, 9.17) is 25.8 Å². The van der Waals surface area contributed by atoms with Gasteiger partial charge in [-0.3, -0.25) is 19.2 Å². The Balaban J connectivity index is 1.01. The predicted octanol–water partition coefficient (Wildman–Crippen LogP) is 3.49. The summed E-state index contributed by atoms with van der Waals surface area (Å²) in [6, 6.07) is 18.2. The van der Waals surface area contributed by atoms with Gasteiger partial charge in [0.1, 0.15) is 42.4 Å². The van der Waals surface area contributed by atoms with Gasteiger partial charge in [-0.2, -0.15) is 5.26 Å². The molecule has 1 saturated heterocycles. The molecule has 3 aromatic rings. The second-order valence-electron chi connectivity index (χ2n) is 18.5. The fourth-order valence-electron chi connectivity index (χ4n) is 8.61. The molecule has 0 radical (unpaired) electrons. The lowest BCUT2D eigenvalue weighted by Gasteiger charge is -2.63. The summed E-state index contributed by atoms with van der Waals surface area (Å²) in [5.41, 5.74) is 0.348. The first-order chi connectivity index (χ1) is 29.6. The molecule has 2 fully saturated rings. The van der Waals surface area contributed by atoms with E-state index in [1.165, 1.54) is 17.0 Å². The summed E-state index contributed by atoms with van der Waals surface area (Å²) in [5.74, 6) is -0.485. The molecule has 5 rings (SSSR count). The molecule has 6 N–H and O–H groups in total. The quantitative estimate of drug-likeness (QED) is 0.0803. The molecule has 0 bridgehead atoms. The number of benzene rings is 3. The van der Waals surface area contributed by atoms with Gasteiger partial charge in [0.2, 0.25) is 17.7 Å². The number of carbonyl (C=O) groups excluding carboxylic acids is 4. The first-order valence-electron chi connectivity index (χ1n) is 21.1. The van der Waals surface area contributed by atoms with Crippen LogP contribution in [0.5, 0.6) is 11.5 Å². The van der Waals surface area contributed by atoms with Crippen molar-refractivity contribution in [2.75, 3.05) is 26.4 Å². The van der Waals surface area contributed by atoms with Gasteiger partial charge in [-0.25, -0.2) is 0 Å². The highest BCUT2D eigenvalue weighted by atomic mass is 35.5. The Morgan fingerprint density at radius 3 is 2.19 bits per heavy atom. The first-order valence-corrected chi connectivity index (χ1v) is 21.5. The van der Waals surface area contributed by atoms with Crippen molar-refractivity contribution < 1.29 is 48.5 Å². The number of carbonyl (C=O) groups is 4. The van der Waals surface area contributed by atoms with E-state index >= 15 is 0 Å². The van der Waals surface area contributed by atoms with Gasteiger partial charge in [-0.05, 0) is 65.7 Å². The van der Waals surface area contributed by atoms with Crippen LogP contribution in [0.1, 0.15) is 89.2 Å². The lowest BCUT2D eigenvalue weighted by molar-refractivity contribution is -0.164. The number of aliphatic hydroxyl groups excluding tert-OH is 1. The Kier molecular flexibility index (Phi) is 15.9. The normalized spacial score (nSPS) is 20.4. The molecule has 0 spiro atoms. The van der Waals surface area contributed by atoms with Crippen LogP contribution in [-0.4, -0.2) is 108 Å². The Morgan fingerprint density at radius 2 is 1.59 bits per heavy atom. The van der Waals surface area contributed by atoms with Crippen LogP contribution in [0.2, 0.25) is 5.02 Å². The first kappa shape index (κ1) is 48.9. The van der Waals surface area contributed by atoms with Crippen LogP contribution >= 0.6 is 11.6 Å². The number of β-amino-alcohol motifs (C(OH)–C–C–N with tert-alkyl or cyclic N) is 1. The Hall–Kier alpha value is -5.18.